The molecule has 0 atom stereocenters. The van der Waals surface area contributed by atoms with E-state index in [1.54, 1.807) is 6.07 Å². The Morgan fingerprint density at radius 2 is 1.80 bits per heavy atom. The van der Waals surface area contributed by atoms with Crippen molar-refractivity contribution < 1.29 is 9.18 Å². The molecule has 0 aromatic heterocycles. The Balaban J connectivity index is 1.97. The van der Waals surface area contributed by atoms with Crippen LogP contribution in [0.25, 0.3) is 0 Å². The maximum absolute atomic E-state index is 12.9. The van der Waals surface area contributed by atoms with Gasteiger partial charge in [-0.25, -0.2) is 9.40 Å². The van der Waals surface area contributed by atoms with Crippen LogP contribution in [0.15, 0.2) is 53.6 Å². The molecule has 0 bridgehead atoms. The number of nitrogens with zero attached hydrogens (tertiary/aromatic N) is 2. The molecule has 0 fully saturated rings. The summed E-state index contributed by atoms with van der Waals surface area (Å²) >= 11 is 6.11. The lowest BCUT2D eigenvalue weighted by molar-refractivity contribution is -0.116. The topological polar surface area (TPSA) is 32.7 Å². The summed E-state index contributed by atoms with van der Waals surface area (Å²) in [6.45, 7) is 0. The SMILES string of the molecule is O=C1CC(c2ccccc2Cl)=NN1c1ccc(F)cc1. The summed E-state index contributed by atoms with van der Waals surface area (Å²) in [5.41, 5.74) is 1.90. The van der Waals surface area contributed by atoms with Gasteiger partial charge in [0.15, 0.2) is 0 Å². The summed E-state index contributed by atoms with van der Waals surface area (Å²) in [5.74, 6) is -0.512. The number of hydrazone groups is 1. The fourth-order valence-corrected chi connectivity index (χ4v) is 2.30. The minimum absolute atomic E-state index is 0.161. The number of hydrogen-bond acceptors (Lipinski definition) is 2. The van der Waals surface area contributed by atoms with Crippen LogP contribution < -0.4 is 5.01 Å². The molecule has 2 aromatic carbocycles. The van der Waals surface area contributed by atoms with Crippen LogP contribution in [-0.4, -0.2) is 11.6 Å². The maximum atomic E-state index is 12.9. The number of carbonyl (C=O) groups excluding carboxylic acids is 1. The summed E-state index contributed by atoms with van der Waals surface area (Å²) < 4.78 is 12.9. The molecule has 3 rings (SSSR count). The smallest absolute Gasteiger partial charge is 0.253 e. The lowest BCUT2D eigenvalue weighted by Crippen LogP contribution is -2.19. The minimum Gasteiger partial charge on any atom is -0.272 e. The van der Waals surface area contributed by atoms with Gasteiger partial charge in [0.2, 0.25) is 0 Å². The number of hydrogen-bond donors (Lipinski definition) is 0. The van der Waals surface area contributed by atoms with Gasteiger partial charge in [-0.05, 0) is 30.3 Å². The number of anilines is 1. The minimum atomic E-state index is -0.351. The Kier molecular flexibility index (Phi) is 3.24. The Morgan fingerprint density at radius 1 is 1.10 bits per heavy atom. The first-order valence-corrected chi connectivity index (χ1v) is 6.44. The third kappa shape index (κ3) is 2.30. The van der Waals surface area contributed by atoms with Gasteiger partial charge >= 0.3 is 0 Å². The van der Waals surface area contributed by atoms with E-state index >= 15 is 0 Å². The van der Waals surface area contributed by atoms with Crippen LogP contribution in [0.1, 0.15) is 12.0 Å². The Hall–Kier alpha value is -2.20. The number of benzene rings is 2. The van der Waals surface area contributed by atoms with Crippen LogP contribution in [0.2, 0.25) is 5.02 Å². The van der Waals surface area contributed by atoms with E-state index in [-0.39, 0.29) is 18.1 Å². The molecule has 1 heterocycles. The molecule has 0 N–H and O–H groups in total. The van der Waals surface area contributed by atoms with Crippen molar-refractivity contribution in [3.05, 3.63) is 64.9 Å². The van der Waals surface area contributed by atoms with E-state index in [0.717, 1.165) is 5.56 Å². The fourth-order valence-electron chi connectivity index (χ4n) is 2.06. The van der Waals surface area contributed by atoms with E-state index in [4.69, 9.17) is 11.6 Å². The van der Waals surface area contributed by atoms with Gasteiger partial charge in [0.1, 0.15) is 5.82 Å². The van der Waals surface area contributed by atoms with E-state index in [1.807, 2.05) is 18.2 Å². The second kappa shape index (κ2) is 5.06. The molecule has 0 radical (unpaired) electrons. The molecule has 3 nitrogen and oxygen atoms in total. The van der Waals surface area contributed by atoms with Gasteiger partial charge in [-0.15, -0.1) is 0 Å². The number of rotatable bonds is 2. The molecule has 100 valence electrons. The van der Waals surface area contributed by atoms with Crippen molar-refractivity contribution in [3.63, 3.8) is 0 Å². The molecular weight excluding hydrogens is 279 g/mol. The largest absolute Gasteiger partial charge is 0.272 e. The van der Waals surface area contributed by atoms with Crippen molar-refractivity contribution in [1.82, 2.24) is 0 Å². The maximum Gasteiger partial charge on any atom is 0.253 e. The molecule has 5 heteroatoms. The average Bonchev–Trinajstić information content (AvgIpc) is 2.82. The van der Waals surface area contributed by atoms with Crippen LogP contribution in [0.4, 0.5) is 10.1 Å². The zero-order valence-electron chi connectivity index (χ0n) is 10.4. The lowest BCUT2D eigenvalue weighted by atomic mass is 10.1. The molecule has 0 saturated carbocycles. The second-order valence-electron chi connectivity index (χ2n) is 4.39. The van der Waals surface area contributed by atoms with Gasteiger partial charge in [-0.2, -0.15) is 5.10 Å². The Bertz CT molecular complexity index is 697. The van der Waals surface area contributed by atoms with Crippen LogP contribution in [0.5, 0.6) is 0 Å². The summed E-state index contributed by atoms with van der Waals surface area (Å²) in [5, 5.41) is 6.13. The Morgan fingerprint density at radius 3 is 2.50 bits per heavy atom. The molecule has 20 heavy (non-hydrogen) atoms. The summed E-state index contributed by atoms with van der Waals surface area (Å²) in [6.07, 6.45) is 0.182. The predicted octanol–water partition coefficient (Wildman–Crippen LogP) is 3.62. The standard InChI is InChI=1S/C15H10ClFN2O/c16-13-4-2-1-3-12(13)14-9-15(20)19(18-14)11-7-5-10(17)6-8-11/h1-8H,9H2. The molecule has 0 spiro atoms. The average molecular weight is 289 g/mol. The first-order valence-electron chi connectivity index (χ1n) is 6.06. The highest BCUT2D eigenvalue weighted by Gasteiger charge is 2.26. The van der Waals surface area contributed by atoms with E-state index in [9.17, 15) is 9.18 Å². The normalized spacial score (nSPS) is 14.6. The summed E-state index contributed by atoms with van der Waals surface area (Å²) in [4.78, 5) is 12.0. The molecule has 0 unspecified atom stereocenters. The van der Waals surface area contributed by atoms with Crippen LogP contribution in [-0.2, 0) is 4.79 Å². The number of halogens is 2. The first kappa shape index (κ1) is 12.8. The number of carbonyl (C=O) groups is 1. The van der Waals surface area contributed by atoms with Gasteiger partial charge < -0.3 is 0 Å². The first-order chi connectivity index (χ1) is 9.65. The van der Waals surface area contributed by atoms with E-state index in [0.29, 0.717) is 16.4 Å². The molecule has 0 saturated heterocycles. The van der Waals surface area contributed by atoms with Crippen molar-refractivity contribution in [2.75, 3.05) is 5.01 Å². The van der Waals surface area contributed by atoms with Crippen LogP contribution in [0.3, 0.4) is 0 Å². The molecule has 2 aromatic rings. The third-order valence-corrected chi connectivity index (χ3v) is 3.36. The second-order valence-corrected chi connectivity index (χ2v) is 4.79. The molecule has 0 aliphatic carbocycles. The van der Waals surface area contributed by atoms with Crippen LogP contribution in [0, 0.1) is 5.82 Å². The summed E-state index contributed by atoms with van der Waals surface area (Å²) in [6, 6.07) is 12.9. The van der Waals surface area contributed by atoms with Crippen LogP contribution >= 0.6 is 11.6 Å². The van der Waals surface area contributed by atoms with Crippen molar-refractivity contribution in [2.24, 2.45) is 5.10 Å². The van der Waals surface area contributed by atoms with E-state index in [1.165, 1.54) is 29.3 Å². The third-order valence-electron chi connectivity index (χ3n) is 3.03. The van der Waals surface area contributed by atoms with Crippen molar-refractivity contribution >= 4 is 28.9 Å². The van der Waals surface area contributed by atoms with E-state index in [2.05, 4.69) is 5.10 Å². The molecule has 1 amide bonds. The highest BCUT2D eigenvalue weighted by molar-refractivity contribution is 6.35. The van der Waals surface area contributed by atoms with Crippen molar-refractivity contribution in [2.45, 2.75) is 6.42 Å². The number of amides is 1. The fraction of sp³-hybridized carbons (Fsp3) is 0.0667. The van der Waals surface area contributed by atoms with Gasteiger partial charge in [0.25, 0.3) is 5.91 Å². The van der Waals surface area contributed by atoms with E-state index < -0.39 is 0 Å². The monoisotopic (exact) mass is 288 g/mol. The van der Waals surface area contributed by atoms with Gasteiger partial charge in [0, 0.05) is 10.6 Å². The van der Waals surface area contributed by atoms with Gasteiger partial charge in [-0.1, -0.05) is 29.8 Å². The van der Waals surface area contributed by atoms with Crippen molar-refractivity contribution in [1.29, 1.82) is 0 Å². The Labute approximate surface area is 120 Å². The summed E-state index contributed by atoms with van der Waals surface area (Å²) in [7, 11) is 0. The molecule has 1 aliphatic rings. The lowest BCUT2D eigenvalue weighted by Gasteiger charge is -2.10. The quantitative estimate of drug-likeness (QED) is 0.831. The zero-order valence-corrected chi connectivity index (χ0v) is 11.1. The van der Waals surface area contributed by atoms with Gasteiger partial charge in [-0.3, -0.25) is 4.79 Å². The molecular formula is C15H10ClFN2O. The van der Waals surface area contributed by atoms with Crippen molar-refractivity contribution in [3.8, 4) is 0 Å². The zero-order chi connectivity index (χ0) is 14.1. The molecule has 1 aliphatic heterocycles. The predicted molar refractivity (Wildman–Crippen MR) is 76.5 cm³/mol. The van der Waals surface area contributed by atoms with Gasteiger partial charge in [0.05, 0.1) is 17.8 Å². The highest BCUT2D eigenvalue weighted by atomic mass is 35.5. The highest BCUT2D eigenvalue weighted by Crippen LogP contribution is 2.25.